The standard InChI is InChI=1S/C20H28N2O3.C2HF3O2/c23-19(12-15-4-1-2-5-15)22-13-18(20-17(22)6-3-11-24-20)25-14-16-7-9-21-10-8-16;3-2(4,5)1(6)7/h7-10,15,17-18,20H,1-6,11-14H2;(H,6,7)/t17-,18+,20+;/m1./s1. The summed E-state index contributed by atoms with van der Waals surface area (Å²) in [6.45, 7) is 2.00. The molecule has 3 fully saturated rings. The normalized spacial score (nSPS) is 25.7. The molecule has 3 atom stereocenters. The average molecular weight is 458 g/mol. The van der Waals surface area contributed by atoms with Crippen LogP contribution in [0.3, 0.4) is 0 Å². The Hall–Kier alpha value is -2.20. The highest BCUT2D eigenvalue weighted by atomic mass is 19.4. The Labute approximate surface area is 184 Å². The Kier molecular flexibility index (Phi) is 8.47. The lowest BCUT2D eigenvalue weighted by Gasteiger charge is -2.32. The number of rotatable bonds is 5. The molecule has 1 aromatic rings. The largest absolute Gasteiger partial charge is 0.490 e. The van der Waals surface area contributed by atoms with Crippen LogP contribution in [-0.4, -0.2) is 64.4 Å². The topological polar surface area (TPSA) is 89.0 Å². The SMILES string of the molecule is O=C(CC1CCCC1)N1C[C@H](OCc2ccncc2)[C@H]2OCCC[C@H]21.O=C(O)C(F)(F)F. The molecule has 0 radical (unpaired) electrons. The summed E-state index contributed by atoms with van der Waals surface area (Å²) in [6.07, 6.45) is 6.26. The van der Waals surface area contributed by atoms with Crippen molar-refractivity contribution in [2.24, 2.45) is 5.92 Å². The van der Waals surface area contributed by atoms with Gasteiger partial charge in [-0.25, -0.2) is 4.79 Å². The van der Waals surface area contributed by atoms with Gasteiger partial charge in [-0.05, 0) is 49.3 Å². The van der Waals surface area contributed by atoms with Gasteiger partial charge in [0.2, 0.25) is 5.91 Å². The summed E-state index contributed by atoms with van der Waals surface area (Å²) < 4.78 is 43.9. The molecule has 1 saturated carbocycles. The number of alkyl halides is 3. The van der Waals surface area contributed by atoms with Gasteiger partial charge < -0.3 is 19.5 Å². The molecule has 1 aromatic heterocycles. The quantitative estimate of drug-likeness (QED) is 0.726. The minimum Gasteiger partial charge on any atom is -0.475 e. The molecule has 2 aliphatic heterocycles. The van der Waals surface area contributed by atoms with Crippen molar-refractivity contribution in [2.75, 3.05) is 13.2 Å². The first-order valence-electron chi connectivity index (χ1n) is 11.0. The maximum Gasteiger partial charge on any atom is 0.490 e. The summed E-state index contributed by atoms with van der Waals surface area (Å²) in [4.78, 5) is 27.9. The third kappa shape index (κ3) is 6.65. The third-order valence-corrected chi connectivity index (χ3v) is 6.19. The van der Waals surface area contributed by atoms with Crippen LogP contribution in [0.2, 0.25) is 0 Å². The van der Waals surface area contributed by atoms with Crippen LogP contribution in [0.25, 0.3) is 0 Å². The maximum atomic E-state index is 12.9. The zero-order valence-corrected chi connectivity index (χ0v) is 17.8. The minimum atomic E-state index is -5.08. The lowest BCUT2D eigenvalue weighted by atomic mass is 10.0. The number of carbonyl (C=O) groups is 2. The molecule has 3 heterocycles. The van der Waals surface area contributed by atoms with Gasteiger partial charge in [0.25, 0.3) is 0 Å². The van der Waals surface area contributed by atoms with Crippen molar-refractivity contribution < 1.29 is 37.3 Å². The fourth-order valence-corrected chi connectivity index (χ4v) is 4.60. The van der Waals surface area contributed by atoms with Crippen molar-refractivity contribution in [3.63, 3.8) is 0 Å². The zero-order chi connectivity index (χ0) is 23.1. The Bertz CT molecular complexity index is 756. The van der Waals surface area contributed by atoms with Crippen LogP contribution >= 0.6 is 0 Å². The van der Waals surface area contributed by atoms with Crippen molar-refractivity contribution in [2.45, 2.75) is 76.0 Å². The van der Waals surface area contributed by atoms with Gasteiger partial charge in [0.05, 0.1) is 12.6 Å². The fourth-order valence-electron chi connectivity index (χ4n) is 4.60. The van der Waals surface area contributed by atoms with Gasteiger partial charge in [0, 0.05) is 32.0 Å². The molecule has 32 heavy (non-hydrogen) atoms. The van der Waals surface area contributed by atoms with Gasteiger partial charge in [-0.15, -0.1) is 0 Å². The Morgan fingerprint density at radius 1 is 1.16 bits per heavy atom. The molecule has 0 unspecified atom stereocenters. The number of hydrogen-bond acceptors (Lipinski definition) is 5. The lowest BCUT2D eigenvalue weighted by Crippen LogP contribution is -2.44. The van der Waals surface area contributed by atoms with Crippen LogP contribution in [0.4, 0.5) is 13.2 Å². The van der Waals surface area contributed by atoms with E-state index in [9.17, 15) is 18.0 Å². The van der Waals surface area contributed by atoms with Crippen molar-refractivity contribution in [1.29, 1.82) is 0 Å². The van der Waals surface area contributed by atoms with Gasteiger partial charge in [0.15, 0.2) is 0 Å². The number of hydrogen-bond donors (Lipinski definition) is 1. The number of ether oxygens (including phenoxy) is 2. The number of fused-ring (bicyclic) bond motifs is 1. The smallest absolute Gasteiger partial charge is 0.475 e. The van der Waals surface area contributed by atoms with Crippen LogP contribution in [0.5, 0.6) is 0 Å². The molecule has 3 aliphatic rings. The van der Waals surface area contributed by atoms with Gasteiger partial charge in [-0.3, -0.25) is 9.78 Å². The van der Waals surface area contributed by atoms with E-state index in [1.54, 1.807) is 12.4 Å². The second kappa shape index (κ2) is 11.1. The summed E-state index contributed by atoms with van der Waals surface area (Å²) in [5.74, 6) is -1.86. The number of likely N-dealkylation sites (tertiary alicyclic amines) is 1. The number of amides is 1. The van der Waals surface area contributed by atoms with E-state index in [1.807, 2.05) is 12.1 Å². The van der Waals surface area contributed by atoms with Crippen molar-refractivity contribution in [3.05, 3.63) is 30.1 Å². The molecule has 7 nitrogen and oxygen atoms in total. The molecule has 178 valence electrons. The third-order valence-electron chi connectivity index (χ3n) is 6.19. The Morgan fingerprint density at radius 3 is 2.44 bits per heavy atom. The zero-order valence-electron chi connectivity index (χ0n) is 17.8. The second-order valence-corrected chi connectivity index (χ2v) is 8.45. The summed E-state index contributed by atoms with van der Waals surface area (Å²) in [7, 11) is 0. The molecule has 1 aliphatic carbocycles. The average Bonchev–Trinajstić information content (AvgIpc) is 3.40. The Morgan fingerprint density at radius 2 is 1.81 bits per heavy atom. The number of halogens is 3. The van der Waals surface area contributed by atoms with E-state index in [0.717, 1.165) is 25.0 Å². The molecule has 2 saturated heterocycles. The minimum absolute atomic E-state index is 0.0222. The summed E-state index contributed by atoms with van der Waals surface area (Å²) >= 11 is 0. The molecular weight excluding hydrogens is 429 g/mol. The monoisotopic (exact) mass is 458 g/mol. The van der Waals surface area contributed by atoms with E-state index in [4.69, 9.17) is 19.4 Å². The van der Waals surface area contributed by atoms with E-state index in [0.29, 0.717) is 31.4 Å². The molecule has 0 bridgehead atoms. The van der Waals surface area contributed by atoms with Gasteiger partial charge in [0.1, 0.15) is 12.2 Å². The fraction of sp³-hybridized carbons (Fsp3) is 0.682. The number of aliphatic carboxylic acids is 1. The predicted octanol–water partition coefficient (Wildman–Crippen LogP) is 3.57. The van der Waals surface area contributed by atoms with E-state index >= 15 is 0 Å². The number of nitrogens with zero attached hydrogens (tertiary/aromatic N) is 2. The van der Waals surface area contributed by atoms with Gasteiger partial charge in [-0.1, -0.05) is 12.8 Å². The first-order chi connectivity index (χ1) is 15.3. The molecule has 0 spiro atoms. The number of carbonyl (C=O) groups excluding carboxylic acids is 1. The highest BCUT2D eigenvalue weighted by molar-refractivity contribution is 5.77. The number of pyridine rings is 1. The second-order valence-electron chi connectivity index (χ2n) is 8.45. The van der Waals surface area contributed by atoms with Crippen molar-refractivity contribution in [1.82, 2.24) is 9.88 Å². The van der Waals surface area contributed by atoms with E-state index in [1.165, 1.54) is 25.7 Å². The van der Waals surface area contributed by atoms with E-state index in [-0.39, 0.29) is 18.2 Å². The van der Waals surface area contributed by atoms with Crippen LogP contribution < -0.4 is 0 Å². The molecular formula is C22H29F3N2O5. The summed E-state index contributed by atoms with van der Waals surface area (Å²) in [5.41, 5.74) is 1.11. The molecule has 0 aromatic carbocycles. The maximum absolute atomic E-state index is 12.9. The van der Waals surface area contributed by atoms with Gasteiger partial charge in [-0.2, -0.15) is 13.2 Å². The van der Waals surface area contributed by atoms with E-state index in [2.05, 4.69) is 9.88 Å². The number of carboxylic acids is 1. The number of aromatic nitrogens is 1. The van der Waals surface area contributed by atoms with Crippen LogP contribution in [0.15, 0.2) is 24.5 Å². The van der Waals surface area contributed by atoms with Crippen molar-refractivity contribution in [3.8, 4) is 0 Å². The molecule has 1 N–H and O–H groups in total. The molecule has 10 heteroatoms. The lowest BCUT2D eigenvalue weighted by molar-refractivity contribution is -0.192. The van der Waals surface area contributed by atoms with Gasteiger partial charge >= 0.3 is 12.1 Å². The first kappa shape index (κ1) is 24.4. The molecule has 4 rings (SSSR count). The van der Waals surface area contributed by atoms with Crippen LogP contribution in [-0.2, 0) is 25.7 Å². The summed E-state index contributed by atoms with van der Waals surface area (Å²) in [6, 6.07) is 4.14. The number of carboxylic acid groups (broad SMARTS) is 1. The van der Waals surface area contributed by atoms with Crippen LogP contribution in [0, 0.1) is 5.92 Å². The highest BCUT2D eigenvalue weighted by Crippen LogP contribution is 2.34. The Balaban J connectivity index is 0.000000360. The summed E-state index contributed by atoms with van der Waals surface area (Å²) in [5, 5.41) is 7.12. The predicted molar refractivity (Wildman–Crippen MR) is 108 cm³/mol. The first-order valence-corrected chi connectivity index (χ1v) is 11.0. The van der Waals surface area contributed by atoms with Crippen molar-refractivity contribution >= 4 is 11.9 Å². The highest BCUT2D eigenvalue weighted by Gasteiger charge is 2.46. The van der Waals surface area contributed by atoms with E-state index < -0.39 is 12.1 Å². The van der Waals surface area contributed by atoms with Crippen LogP contribution in [0.1, 0.15) is 50.5 Å². The molecule has 1 amide bonds.